The summed E-state index contributed by atoms with van der Waals surface area (Å²) in [4.78, 5) is 16.3. The van der Waals surface area contributed by atoms with Crippen molar-refractivity contribution in [3.63, 3.8) is 0 Å². The van der Waals surface area contributed by atoms with Crippen molar-refractivity contribution in [3.05, 3.63) is 95.0 Å². The van der Waals surface area contributed by atoms with Crippen LogP contribution in [0.25, 0.3) is 0 Å². The Morgan fingerprint density at radius 2 is 1.55 bits per heavy atom. The zero-order valence-corrected chi connectivity index (χ0v) is 17.0. The molecule has 1 aliphatic heterocycles. The van der Waals surface area contributed by atoms with Gasteiger partial charge >= 0.3 is 0 Å². The highest BCUT2D eigenvalue weighted by atomic mass is 35.5. The first-order valence-corrected chi connectivity index (χ1v) is 10.4. The second-order valence-electron chi connectivity index (χ2n) is 7.38. The molecular formula is C24H25ClN3O+. The quantitative estimate of drug-likeness (QED) is 0.680. The third kappa shape index (κ3) is 4.97. The Hall–Kier alpha value is -2.82. The third-order valence-corrected chi connectivity index (χ3v) is 5.69. The maximum atomic E-state index is 12.4. The summed E-state index contributed by atoms with van der Waals surface area (Å²) in [5, 5.41) is 3.74. The molecule has 2 N–H and O–H groups in total. The molecule has 4 rings (SSSR count). The topological polar surface area (TPSA) is 36.8 Å². The van der Waals surface area contributed by atoms with Crippen LogP contribution in [0.15, 0.2) is 78.9 Å². The summed E-state index contributed by atoms with van der Waals surface area (Å²) < 4.78 is 0. The van der Waals surface area contributed by atoms with E-state index < -0.39 is 0 Å². The number of hydrogen-bond donors (Lipinski definition) is 2. The van der Waals surface area contributed by atoms with Crippen LogP contribution in [-0.4, -0.2) is 32.1 Å². The lowest BCUT2D eigenvalue weighted by molar-refractivity contribution is -0.914. The van der Waals surface area contributed by atoms with Gasteiger partial charge in [-0.05, 0) is 36.4 Å². The molecule has 0 unspecified atom stereocenters. The van der Waals surface area contributed by atoms with Crippen molar-refractivity contribution < 1.29 is 9.69 Å². The molecular weight excluding hydrogens is 382 g/mol. The van der Waals surface area contributed by atoms with Crippen molar-refractivity contribution in [1.29, 1.82) is 0 Å². The van der Waals surface area contributed by atoms with E-state index in [4.69, 9.17) is 11.6 Å². The van der Waals surface area contributed by atoms with Gasteiger partial charge < -0.3 is 15.1 Å². The number of rotatable bonds is 5. The number of amides is 1. The van der Waals surface area contributed by atoms with E-state index in [0.29, 0.717) is 5.56 Å². The van der Waals surface area contributed by atoms with Crippen LogP contribution in [0.5, 0.6) is 0 Å². The molecule has 0 aromatic heterocycles. The summed E-state index contributed by atoms with van der Waals surface area (Å²) in [6.45, 7) is 5.10. The highest BCUT2D eigenvalue weighted by molar-refractivity contribution is 6.33. The van der Waals surface area contributed by atoms with Gasteiger partial charge in [-0.1, -0.05) is 54.1 Å². The fourth-order valence-electron chi connectivity index (χ4n) is 3.74. The van der Waals surface area contributed by atoms with Crippen molar-refractivity contribution in [2.75, 3.05) is 36.4 Å². The minimum absolute atomic E-state index is 0.0801. The number of carbonyl (C=O) groups excluding carboxylic acids is 1. The summed E-state index contributed by atoms with van der Waals surface area (Å²) in [5.74, 6) is -0.0801. The fraction of sp³-hybridized carbons (Fsp3) is 0.208. The summed E-state index contributed by atoms with van der Waals surface area (Å²) >= 11 is 6.33. The third-order valence-electron chi connectivity index (χ3n) is 5.37. The molecule has 1 fully saturated rings. The van der Waals surface area contributed by atoms with E-state index >= 15 is 0 Å². The van der Waals surface area contributed by atoms with E-state index in [0.717, 1.165) is 49.1 Å². The molecule has 5 heteroatoms. The van der Waals surface area contributed by atoms with Crippen molar-refractivity contribution in [1.82, 2.24) is 0 Å². The second kappa shape index (κ2) is 9.12. The van der Waals surface area contributed by atoms with Gasteiger partial charge in [-0.2, -0.15) is 0 Å². The molecule has 0 bridgehead atoms. The van der Waals surface area contributed by atoms with Gasteiger partial charge in [0, 0.05) is 16.8 Å². The second-order valence-corrected chi connectivity index (χ2v) is 7.79. The van der Waals surface area contributed by atoms with Crippen molar-refractivity contribution in [2.45, 2.75) is 6.54 Å². The van der Waals surface area contributed by atoms with Crippen molar-refractivity contribution in [2.24, 2.45) is 0 Å². The van der Waals surface area contributed by atoms with Crippen LogP contribution >= 0.6 is 11.6 Å². The average molecular weight is 407 g/mol. The van der Waals surface area contributed by atoms with Gasteiger partial charge in [-0.15, -0.1) is 0 Å². The van der Waals surface area contributed by atoms with Crippen molar-refractivity contribution in [3.8, 4) is 0 Å². The predicted octanol–water partition coefficient (Wildman–Crippen LogP) is 3.50. The monoisotopic (exact) mass is 406 g/mol. The maximum Gasteiger partial charge on any atom is 0.255 e. The van der Waals surface area contributed by atoms with Crippen LogP contribution in [0.1, 0.15) is 15.9 Å². The minimum atomic E-state index is -0.0801. The van der Waals surface area contributed by atoms with Crippen LogP contribution in [0, 0.1) is 0 Å². The molecule has 0 aliphatic carbocycles. The summed E-state index contributed by atoms with van der Waals surface area (Å²) in [6, 6.07) is 25.5. The number of carbonyl (C=O) groups is 1. The molecule has 0 radical (unpaired) electrons. The first-order chi connectivity index (χ1) is 14.2. The number of benzene rings is 3. The number of para-hydroxylation sites is 2. The number of quaternary nitrogens is 1. The predicted molar refractivity (Wildman–Crippen MR) is 119 cm³/mol. The molecule has 1 heterocycles. The Morgan fingerprint density at radius 3 is 2.24 bits per heavy atom. The highest BCUT2D eigenvalue weighted by Gasteiger charge is 2.21. The van der Waals surface area contributed by atoms with Gasteiger partial charge in [-0.25, -0.2) is 0 Å². The van der Waals surface area contributed by atoms with Crippen LogP contribution < -0.4 is 15.1 Å². The molecule has 1 saturated heterocycles. The van der Waals surface area contributed by atoms with Gasteiger partial charge in [0.25, 0.3) is 5.91 Å². The SMILES string of the molecule is O=C(Nc1ccccc1)c1ccc(C[NH+]2CCN(c3ccccc3Cl)CC2)cc1. The van der Waals surface area contributed by atoms with E-state index in [2.05, 4.69) is 28.4 Å². The highest BCUT2D eigenvalue weighted by Crippen LogP contribution is 2.24. The van der Waals surface area contributed by atoms with Crippen LogP contribution in [0.3, 0.4) is 0 Å². The van der Waals surface area contributed by atoms with E-state index in [1.807, 2.05) is 60.7 Å². The lowest BCUT2D eigenvalue weighted by Crippen LogP contribution is -3.13. The number of nitrogens with zero attached hydrogens (tertiary/aromatic N) is 1. The van der Waals surface area contributed by atoms with Gasteiger partial charge in [0.1, 0.15) is 6.54 Å². The normalized spacial score (nSPS) is 14.6. The summed E-state index contributed by atoms with van der Waals surface area (Å²) in [7, 11) is 0. The van der Waals surface area contributed by atoms with E-state index in [1.54, 1.807) is 4.90 Å². The molecule has 29 heavy (non-hydrogen) atoms. The molecule has 148 valence electrons. The maximum absolute atomic E-state index is 12.4. The van der Waals surface area contributed by atoms with Crippen LogP contribution in [0.2, 0.25) is 5.02 Å². The smallest absolute Gasteiger partial charge is 0.255 e. The number of nitrogens with one attached hydrogen (secondary N) is 2. The lowest BCUT2D eigenvalue weighted by Gasteiger charge is -2.34. The number of halogens is 1. The Kier molecular flexibility index (Phi) is 6.13. The molecule has 0 saturated carbocycles. The molecule has 1 aliphatic rings. The van der Waals surface area contributed by atoms with E-state index in [9.17, 15) is 4.79 Å². The molecule has 3 aromatic carbocycles. The first kappa shape index (κ1) is 19.5. The van der Waals surface area contributed by atoms with Crippen LogP contribution in [-0.2, 0) is 6.54 Å². The number of anilines is 2. The zero-order valence-electron chi connectivity index (χ0n) is 16.3. The summed E-state index contributed by atoms with van der Waals surface area (Å²) in [5.41, 5.74) is 3.86. The van der Waals surface area contributed by atoms with Crippen molar-refractivity contribution >= 4 is 28.9 Å². The summed E-state index contributed by atoms with van der Waals surface area (Å²) in [6.07, 6.45) is 0. The number of piperazine rings is 1. The van der Waals surface area contributed by atoms with Gasteiger partial charge in [0.05, 0.1) is 36.9 Å². The van der Waals surface area contributed by atoms with E-state index in [-0.39, 0.29) is 5.91 Å². The Balaban J connectivity index is 1.30. The van der Waals surface area contributed by atoms with E-state index in [1.165, 1.54) is 5.56 Å². The van der Waals surface area contributed by atoms with Crippen LogP contribution in [0.4, 0.5) is 11.4 Å². The lowest BCUT2D eigenvalue weighted by atomic mass is 10.1. The Morgan fingerprint density at radius 1 is 0.897 bits per heavy atom. The fourth-order valence-corrected chi connectivity index (χ4v) is 3.99. The average Bonchev–Trinajstić information content (AvgIpc) is 2.76. The zero-order chi connectivity index (χ0) is 20.1. The molecule has 0 atom stereocenters. The largest absolute Gasteiger partial charge is 0.359 e. The first-order valence-electron chi connectivity index (χ1n) is 9.97. The van der Waals surface area contributed by atoms with Gasteiger partial charge in [-0.3, -0.25) is 4.79 Å². The molecule has 4 nitrogen and oxygen atoms in total. The molecule has 0 spiro atoms. The minimum Gasteiger partial charge on any atom is -0.359 e. The Bertz CT molecular complexity index is 951. The molecule has 1 amide bonds. The Labute approximate surface area is 176 Å². The van der Waals surface area contributed by atoms with Gasteiger partial charge in [0.15, 0.2) is 0 Å². The van der Waals surface area contributed by atoms with Gasteiger partial charge in [0.2, 0.25) is 0 Å². The standard InChI is InChI=1S/C24H24ClN3O/c25-22-8-4-5-9-23(22)28-16-14-27(15-17-28)18-19-10-12-20(13-11-19)24(29)26-21-6-2-1-3-7-21/h1-13H,14-18H2,(H,26,29)/p+1. The number of hydrogen-bond acceptors (Lipinski definition) is 2. The molecule has 3 aromatic rings.